The number of hydrogen-bond donors (Lipinski definition) is 14. The topological polar surface area (TPSA) is 640 Å². The molecule has 2 aromatic carbocycles. The van der Waals surface area contributed by atoms with Crippen LogP contribution in [-0.2, 0) is 140 Å². The van der Waals surface area contributed by atoms with Gasteiger partial charge in [-0.25, -0.2) is 19.0 Å². The fourth-order valence-electron chi connectivity index (χ4n) is 14.5. The third-order valence-corrected chi connectivity index (χ3v) is 22.2. The molecule has 0 unspecified atom stereocenters. The Morgan fingerprint density at radius 2 is 1.16 bits per heavy atom. The smallest absolute Gasteiger partial charge is 0.408 e. The Balaban J connectivity index is 0.894. The van der Waals surface area contributed by atoms with Gasteiger partial charge in [0.1, 0.15) is 43.3 Å². The van der Waals surface area contributed by atoms with E-state index >= 15 is 4.39 Å². The van der Waals surface area contributed by atoms with Gasteiger partial charge in [0.05, 0.1) is 127 Å². The summed E-state index contributed by atoms with van der Waals surface area (Å²) >= 11 is 0. The minimum atomic E-state index is -2.19. The molecule has 0 radical (unpaired) electrons. The standard InChI is InChI=1S/C86H112FN21O27/c1-12-86(131)54-29-59-79-52(37-108(59)83(128)53(54)43-134-84(86)129)77-56(18-17-51-46(4)55(87)30-58(100-79)76(51)77)101-85(130)135-60(49-13-15-50(16-14-49)98-80(125)47(5)96-82(127)78(45(2)3)97-48(6)109)31-90-62(111)20-19-57(99-68(117)44-133-28-27-132-26-24-89-63(112)23-25-107-69(118)21-22-70(107)119)81(126)95-36-75(124)106(11)42-67(116)94-35-74(123)105(10)41-66(115)93-34-73(122)104(9)40-65(114)92-33-72(121)103(8)39-64(113)91-32-71(120)102(7)38-61(88)110/h13-16,21-22,29-30,45,47,56-57,60,78,131H,12,17-20,23-28,31-44H2,1-11H3,(H2,88,110)(H,89,112)(H,90,111)(H,91,113)(H,92,114)(H,93,115)(H,94,116)(H,95,126)(H,96,127)(H,97,109)(H,98,125)(H,99,117)(H,101,130)/t47-,56-,57-,60-,78-,86-/m0/s1. The lowest BCUT2D eigenvalue weighted by atomic mass is 9.81. The lowest BCUT2D eigenvalue weighted by Gasteiger charge is -2.31. The van der Waals surface area contributed by atoms with E-state index in [-0.39, 0.29) is 117 Å². The number of cyclic esters (lactones) is 1. The van der Waals surface area contributed by atoms with Gasteiger partial charge in [0.25, 0.3) is 17.4 Å². The van der Waals surface area contributed by atoms with Gasteiger partial charge in [-0.3, -0.25) is 101 Å². The predicted octanol–water partition coefficient (Wildman–Crippen LogP) is -6.21. The zero-order chi connectivity index (χ0) is 99.6. The highest BCUT2D eigenvalue weighted by Crippen LogP contribution is 2.46. The molecule has 0 fully saturated rings. The molecule has 6 atom stereocenters. The molecule has 8 rings (SSSR count). The van der Waals surface area contributed by atoms with Crippen LogP contribution in [0, 0.1) is 18.7 Å². The molecule has 0 spiro atoms. The number of aryl methyl sites for hydroxylation is 1. The third-order valence-electron chi connectivity index (χ3n) is 22.2. The van der Waals surface area contributed by atoms with Gasteiger partial charge in [0.15, 0.2) is 5.60 Å². The molecule has 3 aliphatic heterocycles. The van der Waals surface area contributed by atoms with Gasteiger partial charge in [-0.2, -0.15) is 0 Å². The number of carbonyl (C=O) groups excluding carboxylic acids is 21. The van der Waals surface area contributed by atoms with Gasteiger partial charge < -0.3 is 123 Å². The number of imide groups is 1. The van der Waals surface area contributed by atoms with Crippen LogP contribution in [0.3, 0.4) is 0 Å². The number of nitrogens with two attached hydrogens (primary N) is 1. The number of nitrogens with zero attached hydrogens (tertiary/aromatic N) is 8. The Kier molecular flexibility index (Phi) is 38.0. The summed E-state index contributed by atoms with van der Waals surface area (Å²) in [6, 6.07) is 3.84. The van der Waals surface area contributed by atoms with E-state index in [1.165, 1.54) is 90.1 Å². The third kappa shape index (κ3) is 29.4. The van der Waals surface area contributed by atoms with Gasteiger partial charge in [0, 0.05) is 109 Å². The molecule has 5 heterocycles. The SMILES string of the molecule is CC[C@@]1(O)C(=O)OCc2c1cc1n(c2=O)Cc2c-1nc1cc(F)c(C)c3c1c2[C@@H](NC(=O)O[C@@H](CNC(=O)CC[C@H](NC(=O)COCCOCCNC(=O)CCN1C(=O)C=CC1=O)C(=O)NCC(=O)N(C)CC(=O)NCC(=O)N(C)CC(=O)NCC(=O)N(C)CC(=O)NCC(=O)N(C)CC(=O)NCC(=O)N(C)CC(N)=O)c1ccc(NC(=O)[C@H](C)NC(=O)[C@@H](NC(C)=O)C(C)C)cc1)CC3. The van der Waals surface area contributed by atoms with Gasteiger partial charge in [0.2, 0.25) is 100 Å². The van der Waals surface area contributed by atoms with E-state index in [4.69, 9.17) is 29.7 Å². The summed E-state index contributed by atoms with van der Waals surface area (Å²) in [5, 5.41) is 42.2. The van der Waals surface area contributed by atoms with Crippen LogP contribution >= 0.6 is 0 Å². The number of esters is 1. The number of aliphatic hydroxyl groups is 1. The zero-order valence-electron chi connectivity index (χ0n) is 76.4. The first-order valence-corrected chi connectivity index (χ1v) is 42.9. The summed E-state index contributed by atoms with van der Waals surface area (Å²) in [4.78, 5) is 295. The average molecular weight is 1890 g/mol. The van der Waals surface area contributed by atoms with Crippen molar-refractivity contribution in [2.75, 3.05) is 152 Å². The number of nitrogens with one attached hydrogen (secondary N) is 12. The number of benzene rings is 2. The summed E-state index contributed by atoms with van der Waals surface area (Å²) in [7, 11) is 6.13. The number of primary amides is 1. The molecule has 15 N–H and O–H groups in total. The molecule has 1 aliphatic carbocycles. The summed E-state index contributed by atoms with van der Waals surface area (Å²) in [5.41, 5.74) is 5.14. The molecule has 4 aromatic rings. The van der Waals surface area contributed by atoms with Crippen LogP contribution in [0.25, 0.3) is 22.3 Å². The molecule has 48 nitrogen and oxygen atoms in total. The minimum absolute atomic E-state index is 0.0193. The quantitative estimate of drug-likeness (QED) is 0.00979. The molecule has 2 aromatic heterocycles. The highest BCUT2D eigenvalue weighted by molar-refractivity contribution is 6.13. The van der Waals surface area contributed by atoms with Crippen molar-refractivity contribution < 1.29 is 129 Å². The van der Waals surface area contributed by atoms with Gasteiger partial charge in [-0.1, -0.05) is 32.9 Å². The number of ether oxygens (including phenoxy) is 4. The molecule has 0 saturated carbocycles. The Hall–Kier alpha value is -14.8. The summed E-state index contributed by atoms with van der Waals surface area (Å²) in [6.07, 6.45) is -1.32. The van der Waals surface area contributed by atoms with Crippen LogP contribution in [-0.4, -0.2) is 333 Å². The maximum Gasteiger partial charge on any atom is 0.408 e. The summed E-state index contributed by atoms with van der Waals surface area (Å²) in [6.45, 7) is 0.956. The second-order valence-corrected chi connectivity index (χ2v) is 32.6. The molecule has 135 heavy (non-hydrogen) atoms. The Bertz CT molecular complexity index is 5380. The lowest BCUT2D eigenvalue weighted by Crippen LogP contribution is -2.53. The maximum absolute atomic E-state index is 15.9. The molecule has 49 heteroatoms. The van der Waals surface area contributed by atoms with E-state index in [0.29, 0.717) is 27.6 Å². The number of anilines is 1. The predicted molar refractivity (Wildman–Crippen MR) is 469 cm³/mol. The number of amides is 20. The molecule has 20 amide bonds. The molecule has 730 valence electrons. The number of pyridine rings is 2. The number of aromatic nitrogens is 2. The van der Waals surface area contributed by atoms with Crippen molar-refractivity contribution in [2.24, 2.45) is 11.7 Å². The number of likely N-dealkylation sites (N-methyl/N-ethyl adjacent to an activating group) is 5. The zero-order valence-corrected chi connectivity index (χ0v) is 76.4. The highest BCUT2D eigenvalue weighted by Gasteiger charge is 2.47. The number of halogens is 1. The van der Waals surface area contributed by atoms with E-state index in [0.717, 1.165) is 41.6 Å². The first-order chi connectivity index (χ1) is 63.8. The Morgan fingerprint density at radius 3 is 1.69 bits per heavy atom. The first kappa shape index (κ1) is 106. The number of alkyl carbamates (subject to hydrolysis) is 1. The van der Waals surface area contributed by atoms with E-state index in [2.05, 4.69) is 63.8 Å². The highest BCUT2D eigenvalue weighted by atomic mass is 19.1. The van der Waals surface area contributed by atoms with Gasteiger partial charge >= 0.3 is 12.1 Å². The van der Waals surface area contributed by atoms with Crippen LogP contribution in [0.15, 0.2) is 53.3 Å². The number of hydrogen-bond acceptors (Lipinski definition) is 28. The number of fused-ring (bicyclic) bond motifs is 5. The second kappa shape index (κ2) is 48.6. The molecule has 4 aliphatic rings. The lowest BCUT2D eigenvalue weighted by molar-refractivity contribution is -0.172. The second-order valence-electron chi connectivity index (χ2n) is 32.6. The molecular weight excluding hydrogens is 1780 g/mol. The van der Waals surface area contributed by atoms with Gasteiger partial charge in [-0.05, 0) is 85.9 Å². The molecule has 0 saturated heterocycles. The Morgan fingerprint density at radius 1 is 0.622 bits per heavy atom. The maximum atomic E-state index is 15.9. The van der Waals surface area contributed by atoms with Crippen molar-refractivity contribution in [1.29, 1.82) is 0 Å². The first-order valence-electron chi connectivity index (χ1n) is 42.9. The summed E-state index contributed by atoms with van der Waals surface area (Å²) < 4.78 is 39.7. The van der Waals surface area contributed by atoms with E-state index in [1.54, 1.807) is 27.7 Å². The Labute approximate surface area is 772 Å². The van der Waals surface area contributed by atoms with Crippen LogP contribution in [0.4, 0.5) is 14.9 Å². The van der Waals surface area contributed by atoms with Crippen molar-refractivity contribution in [1.82, 2.24) is 97.4 Å². The number of rotatable bonds is 48. The fraction of sp³-hybridized carbons (Fsp3) is 0.500. The van der Waals surface area contributed by atoms with Crippen molar-refractivity contribution in [3.05, 3.63) is 104 Å². The van der Waals surface area contributed by atoms with Crippen LogP contribution in [0.2, 0.25) is 0 Å². The molecular formula is C86H112FN21O27. The van der Waals surface area contributed by atoms with E-state index in [1.807, 2.05) is 0 Å². The van der Waals surface area contributed by atoms with Crippen molar-refractivity contribution >= 4 is 141 Å². The average Bonchev–Trinajstić information content (AvgIpc) is 1.56. The fourth-order valence-corrected chi connectivity index (χ4v) is 14.5. The van der Waals surface area contributed by atoms with Crippen molar-refractivity contribution in [2.45, 2.75) is 129 Å². The largest absolute Gasteiger partial charge is 0.458 e. The minimum Gasteiger partial charge on any atom is -0.458 e. The van der Waals surface area contributed by atoms with Crippen molar-refractivity contribution in [3.63, 3.8) is 0 Å². The van der Waals surface area contributed by atoms with Crippen molar-refractivity contribution in [3.8, 4) is 11.4 Å². The van der Waals surface area contributed by atoms with Gasteiger partial charge in [-0.15, -0.1) is 0 Å². The number of carbonyl (C=O) groups is 21. The van der Waals surface area contributed by atoms with E-state index < -0.39 is 263 Å². The van der Waals surface area contributed by atoms with E-state index in [9.17, 15) is 111 Å². The molecule has 0 bridgehead atoms. The monoisotopic (exact) mass is 1890 g/mol. The van der Waals surface area contributed by atoms with Crippen LogP contribution in [0.1, 0.15) is 118 Å². The summed E-state index contributed by atoms with van der Waals surface area (Å²) in [5.74, 6) is -15.8. The van der Waals surface area contributed by atoms with Crippen LogP contribution < -0.4 is 75.1 Å². The van der Waals surface area contributed by atoms with Crippen LogP contribution in [0.5, 0.6) is 0 Å². The normalized spacial score (nSPS) is 15.1.